The molecule has 1 aromatic heterocycles. The van der Waals surface area contributed by atoms with Crippen LogP contribution in [-0.2, 0) is 6.54 Å². The minimum Gasteiger partial charge on any atom is -0.465 e. The van der Waals surface area contributed by atoms with Crippen LogP contribution in [0.15, 0.2) is 42.6 Å². The fraction of sp³-hybridized carbons (Fsp3) is 0.0714. The molecule has 0 aliphatic heterocycles. The molecule has 2 rings (SSSR count). The summed E-state index contributed by atoms with van der Waals surface area (Å²) in [6.45, 7) is 0.246. The van der Waals surface area contributed by atoms with Gasteiger partial charge in [0.05, 0.1) is 5.69 Å². The van der Waals surface area contributed by atoms with Gasteiger partial charge in [-0.2, -0.15) is 0 Å². The van der Waals surface area contributed by atoms with Crippen LogP contribution in [0.25, 0.3) is 11.3 Å². The normalized spacial score (nSPS) is 9.89. The summed E-state index contributed by atoms with van der Waals surface area (Å²) in [5, 5.41) is 10.9. The third-order valence-electron chi connectivity index (χ3n) is 2.59. The molecule has 0 fully saturated rings. The monoisotopic (exact) mass is 256 g/mol. The van der Waals surface area contributed by atoms with E-state index in [1.165, 1.54) is 6.20 Å². The maximum absolute atomic E-state index is 10.6. The van der Waals surface area contributed by atoms with Crippen molar-refractivity contribution < 1.29 is 14.7 Å². The first-order valence-corrected chi connectivity index (χ1v) is 5.66. The summed E-state index contributed by atoms with van der Waals surface area (Å²) < 4.78 is 0. The van der Waals surface area contributed by atoms with E-state index >= 15 is 0 Å². The number of carboxylic acid groups (broad SMARTS) is 1. The van der Waals surface area contributed by atoms with Gasteiger partial charge in [0.1, 0.15) is 0 Å². The van der Waals surface area contributed by atoms with E-state index in [4.69, 9.17) is 5.11 Å². The van der Waals surface area contributed by atoms with Crippen molar-refractivity contribution in [3.8, 4) is 11.3 Å². The third kappa shape index (κ3) is 3.38. The zero-order chi connectivity index (χ0) is 13.7. The molecule has 2 N–H and O–H groups in total. The van der Waals surface area contributed by atoms with E-state index in [0.29, 0.717) is 5.56 Å². The minimum absolute atomic E-state index is 0.246. The molecular weight excluding hydrogens is 244 g/mol. The van der Waals surface area contributed by atoms with Gasteiger partial charge < -0.3 is 10.4 Å². The Labute approximate surface area is 109 Å². The second-order valence-corrected chi connectivity index (χ2v) is 3.95. The Kier molecular flexibility index (Phi) is 3.87. The summed E-state index contributed by atoms with van der Waals surface area (Å²) in [6.07, 6.45) is 1.19. The molecule has 0 atom stereocenters. The van der Waals surface area contributed by atoms with Crippen LogP contribution in [-0.4, -0.2) is 22.5 Å². The number of pyridine rings is 1. The third-order valence-corrected chi connectivity index (χ3v) is 2.59. The van der Waals surface area contributed by atoms with E-state index in [0.717, 1.165) is 23.1 Å². The summed E-state index contributed by atoms with van der Waals surface area (Å²) in [7, 11) is 0. The molecule has 2 aromatic rings. The minimum atomic E-state index is -1.06. The number of carbonyl (C=O) groups is 2. The van der Waals surface area contributed by atoms with Crippen molar-refractivity contribution in [2.24, 2.45) is 0 Å². The smallest absolute Gasteiger partial charge is 0.404 e. The molecule has 0 unspecified atom stereocenters. The van der Waals surface area contributed by atoms with Crippen LogP contribution in [0.1, 0.15) is 15.9 Å². The quantitative estimate of drug-likeness (QED) is 0.823. The molecule has 0 bridgehead atoms. The number of aldehydes is 1. The molecular formula is C14H12N2O3. The van der Waals surface area contributed by atoms with E-state index in [1.807, 2.05) is 24.3 Å². The Morgan fingerprint density at radius 3 is 2.79 bits per heavy atom. The van der Waals surface area contributed by atoms with Gasteiger partial charge in [0.2, 0.25) is 0 Å². The number of aromatic nitrogens is 1. The van der Waals surface area contributed by atoms with Gasteiger partial charge in [0.25, 0.3) is 0 Å². The number of nitrogens with zero attached hydrogens (tertiary/aromatic N) is 1. The number of hydrogen-bond acceptors (Lipinski definition) is 3. The van der Waals surface area contributed by atoms with Gasteiger partial charge >= 0.3 is 6.09 Å². The molecule has 0 aliphatic rings. The standard InChI is InChI=1S/C14H12N2O3/c17-9-11-4-5-13(15-8-11)12-3-1-2-10(6-12)7-16-14(18)19/h1-6,8-9,16H,7H2,(H,18,19). The van der Waals surface area contributed by atoms with Crippen LogP contribution in [0.3, 0.4) is 0 Å². The molecule has 0 spiro atoms. The Morgan fingerprint density at radius 2 is 2.16 bits per heavy atom. The molecule has 5 heteroatoms. The molecule has 0 saturated heterocycles. The van der Waals surface area contributed by atoms with Crippen molar-refractivity contribution in [2.75, 3.05) is 0 Å². The summed E-state index contributed by atoms with van der Waals surface area (Å²) in [5.41, 5.74) is 2.98. The number of carbonyl (C=O) groups excluding carboxylic acids is 1. The predicted octanol–water partition coefficient (Wildman–Crippen LogP) is 2.33. The van der Waals surface area contributed by atoms with Crippen LogP contribution in [0.5, 0.6) is 0 Å². The Balaban J connectivity index is 2.21. The first kappa shape index (κ1) is 12.8. The SMILES string of the molecule is O=Cc1ccc(-c2cccc(CNC(=O)O)c2)nc1. The van der Waals surface area contributed by atoms with E-state index in [2.05, 4.69) is 10.3 Å². The maximum atomic E-state index is 10.6. The van der Waals surface area contributed by atoms with Crippen molar-refractivity contribution in [1.82, 2.24) is 10.3 Å². The fourth-order valence-corrected chi connectivity index (χ4v) is 1.66. The van der Waals surface area contributed by atoms with Gasteiger partial charge in [-0.15, -0.1) is 0 Å². The highest BCUT2D eigenvalue weighted by Gasteiger charge is 2.02. The Bertz CT molecular complexity index is 594. The molecule has 96 valence electrons. The van der Waals surface area contributed by atoms with Crippen molar-refractivity contribution in [3.05, 3.63) is 53.7 Å². The predicted molar refractivity (Wildman–Crippen MR) is 69.9 cm³/mol. The average molecular weight is 256 g/mol. The highest BCUT2D eigenvalue weighted by molar-refractivity contribution is 5.75. The Hall–Kier alpha value is -2.69. The van der Waals surface area contributed by atoms with Crippen molar-refractivity contribution >= 4 is 12.4 Å². The lowest BCUT2D eigenvalue weighted by atomic mass is 10.1. The largest absolute Gasteiger partial charge is 0.465 e. The van der Waals surface area contributed by atoms with Crippen molar-refractivity contribution in [3.63, 3.8) is 0 Å². The van der Waals surface area contributed by atoms with Gasteiger partial charge in [-0.05, 0) is 23.8 Å². The number of hydrogen-bond donors (Lipinski definition) is 2. The average Bonchev–Trinajstić information content (AvgIpc) is 2.45. The number of amides is 1. The van der Waals surface area contributed by atoms with Gasteiger partial charge in [-0.3, -0.25) is 9.78 Å². The topological polar surface area (TPSA) is 79.3 Å². The lowest BCUT2D eigenvalue weighted by molar-refractivity contribution is 0.112. The van der Waals surface area contributed by atoms with Crippen LogP contribution in [0, 0.1) is 0 Å². The van der Waals surface area contributed by atoms with Crippen LogP contribution in [0.4, 0.5) is 4.79 Å². The second kappa shape index (κ2) is 5.77. The maximum Gasteiger partial charge on any atom is 0.404 e. The summed E-state index contributed by atoms with van der Waals surface area (Å²) in [6, 6.07) is 10.9. The number of nitrogens with one attached hydrogen (secondary N) is 1. The molecule has 0 radical (unpaired) electrons. The van der Waals surface area contributed by atoms with Crippen LogP contribution >= 0.6 is 0 Å². The Morgan fingerprint density at radius 1 is 1.32 bits per heavy atom. The van der Waals surface area contributed by atoms with Gasteiger partial charge in [-0.25, -0.2) is 4.79 Å². The van der Waals surface area contributed by atoms with Gasteiger partial charge in [0.15, 0.2) is 6.29 Å². The van der Waals surface area contributed by atoms with Gasteiger partial charge in [-0.1, -0.05) is 18.2 Å². The van der Waals surface area contributed by atoms with E-state index in [1.54, 1.807) is 12.1 Å². The van der Waals surface area contributed by atoms with E-state index < -0.39 is 6.09 Å². The second-order valence-electron chi connectivity index (χ2n) is 3.95. The molecule has 1 amide bonds. The first-order chi connectivity index (χ1) is 9.19. The lowest BCUT2D eigenvalue weighted by Crippen LogP contribution is -2.19. The van der Waals surface area contributed by atoms with Gasteiger partial charge in [0, 0.05) is 23.9 Å². The highest BCUT2D eigenvalue weighted by atomic mass is 16.4. The highest BCUT2D eigenvalue weighted by Crippen LogP contribution is 2.18. The first-order valence-electron chi connectivity index (χ1n) is 5.66. The molecule has 0 aliphatic carbocycles. The van der Waals surface area contributed by atoms with Crippen molar-refractivity contribution in [1.29, 1.82) is 0 Å². The van der Waals surface area contributed by atoms with E-state index in [-0.39, 0.29) is 6.54 Å². The van der Waals surface area contributed by atoms with Crippen LogP contribution < -0.4 is 5.32 Å². The molecule has 0 saturated carbocycles. The number of rotatable bonds is 4. The zero-order valence-electron chi connectivity index (χ0n) is 10.0. The summed E-state index contributed by atoms with van der Waals surface area (Å²) >= 11 is 0. The molecule has 5 nitrogen and oxygen atoms in total. The lowest BCUT2D eigenvalue weighted by Gasteiger charge is -2.05. The number of benzene rings is 1. The zero-order valence-corrected chi connectivity index (χ0v) is 10.0. The van der Waals surface area contributed by atoms with E-state index in [9.17, 15) is 9.59 Å². The summed E-state index contributed by atoms with van der Waals surface area (Å²) in [5.74, 6) is 0. The van der Waals surface area contributed by atoms with Crippen molar-refractivity contribution in [2.45, 2.75) is 6.54 Å². The van der Waals surface area contributed by atoms with Crippen LogP contribution in [0.2, 0.25) is 0 Å². The summed E-state index contributed by atoms with van der Waals surface area (Å²) in [4.78, 5) is 25.2. The molecule has 1 heterocycles. The fourth-order valence-electron chi connectivity index (χ4n) is 1.66. The molecule has 19 heavy (non-hydrogen) atoms. The molecule has 1 aromatic carbocycles.